The predicted octanol–water partition coefficient (Wildman–Crippen LogP) is 4.99. The number of hydrogen-bond donors (Lipinski definition) is 0. The van der Waals surface area contributed by atoms with E-state index in [1.165, 1.54) is 0 Å². The summed E-state index contributed by atoms with van der Waals surface area (Å²) in [6, 6.07) is 11.6. The maximum absolute atomic E-state index is 13.9. The molecule has 10 nitrogen and oxygen atoms in total. The third-order valence-corrected chi connectivity index (χ3v) is 7.12. The first-order valence-corrected chi connectivity index (χ1v) is 14.3. The molecule has 1 unspecified atom stereocenters. The normalized spacial score (nSPS) is 17.5. The molecule has 2 fully saturated rings. The van der Waals surface area contributed by atoms with E-state index in [1.54, 1.807) is 18.2 Å². The number of amides is 2. The molecule has 1 aliphatic carbocycles. The number of rotatable bonds is 10. The lowest BCUT2D eigenvalue weighted by Gasteiger charge is -2.35. The number of morpholine rings is 1. The molecule has 1 atom stereocenters. The first-order valence-electron chi connectivity index (χ1n) is 14.3. The molecule has 2 aromatic heterocycles. The van der Waals surface area contributed by atoms with Crippen molar-refractivity contribution in [1.29, 1.82) is 0 Å². The lowest BCUT2D eigenvalue weighted by atomic mass is 10.1. The Balaban J connectivity index is 1.42. The van der Waals surface area contributed by atoms with Gasteiger partial charge in [0.1, 0.15) is 22.7 Å². The van der Waals surface area contributed by atoms with Crippen LogP contribution in [0.4, 0.5) is 4.79 Å². The minimum Gasteiger partial charge on any atom is -0.457 e. The summed E-state index contributed by atoms with van der Waals surface area (Å²) < 4.78 is 25.2. The van der Waals surface area contributed by atoms with Crippen molar-refractivity contribution in [3.8, 4) is 11.5 Å². The van der Waals surface area contributed by atoms with Crippen LogP contribution in [0.3, 0.4) is 0 Å². The second-order valence-electron chi connectivity index (χ2n) is 11.6. The van der Waals surface area contributed by atoms with Gasteiger partial charge in [-0.2, -0.15) is 0 Å². The third-order valence-electron chi connectivity index (χ3n) is 7.12. The van der Waals surface area contributed by atoms with Crippen LogP contribution >= 0.6 is 0 Å². The number of hydrogen-bond acceptors (Lipinski definition) is 7. The molecule has 3 heterocycles. The number of aryl methyl sites for hydroxylation is 1. The van der Waals surface area contributed by atoms with Gasteiger partial charge in [-0.3, -0.25) is 4.79 Å². The molecule has 2 aliphatic rings. The fraction of sp³-hybridized carbons (Fsp3) is 0.516. The molecule has 0 spiro atoms. The molecule has 1 saturated carbocycles. The lowest BCUT2D eigenvalue weighted by Crippen LogP contribution is -2.53. The molecular formula is C31H40N4O6. The molecule has 1 aromatic carbocycles. The summed E-state index contributed by atoms with van der Waals surface area (Å²) in [6.07, 6.45) is 5.35. The quantitative estimate of drug-likeness (QED) is 0.320. The number of para-hydroxylation sites is 1. The Morgan fingerprint density at radius 3 is 2.63 bits per heavy atom. The van der Waals surface area contributed by atoms with E-state index in [0.29, 0.717) is 25.4 Å². The van der Waals surface area contributed by atoms with Gasteiger partial charge in [-0.05, 0) is 58.2 Å². The number of benzene rings is 1. The predicted molar refractivity (Wildman–Crippen MR) is 154 cm³/mol. The molecule has 10 heteroatoms. The smallest absolute Gasteiger partial charge is 0.410 e. The molecule has 1 aliphatic heterocycles. The summed E-state index contributed by atoms with van der Waals surface area (Å²) in [5, 5.41) is 0.882. The maximum Gasteiger partial charge on any atom is 0.410 e. The zero-order valence-corrected chi connectivity index (χ0v) is 24.4. The number of carbonyl (C=O) groups excluding carboxylic acids is 2. The van der Waals surface area contributed by atoms with Crippen molar-refractivity contribution in [3.05, 3.63) is 54.4 Å². The van der Waals surface area contributed by atoms with Crippen molar-refractivity contribution in [2.24, 2.45) is 0 Å². The van der Waals surface area contributed by atoms with Crippen LogP contribution in [0.25, 0.3) is 11.0 Å². The van der Waals surface area contributed by atoms with Crippen LogP contribution in [0.1, 0.15) is 45.6 Å². The van der Waals surface area contributed by atoms with Crippen LogP contribution in [0.2, 0.25) is 0 Å². The number of pyridine rings is 1. The van der Waals surface area contributed by atoms with Gasteiger partial charge < -0.3 is 33.3 Å². The number of carbonyl (C=O) groups is 2. The molecule has 41 heavy (non-hydrogen) atoms. The molecule has 5 rings (SSSR count). The first-order chi connectivity index (χ1) is 19.7. The number of fused-ring (bicyclic) bond motifs is 1. The molecule has 1 saturated heterocycles. The summed E-state index contributed by atoms with van der Waals surface area (Å²) in [4.78, 5) is 34.8. The van der Waals surface area contributed by atoms with Gasteiger partial charge in [-0.15, -0.1) is 0 Å². The number of methoxy groups -OCH3 is 1. The van der Waals surface area contributed by atoms with E-state index < -0.39 is 17.8 Å². The largest absolute Gasteiger partial charge is 0.457 e. The van der Waals surface area contributed by atoms with Gasteiger partial charge >= 0.3 is 6.09 Å². The first kappa shape index (κ1) is 28.9. The highest BCUT2D eigenvalue weighted by atomic mass is 16.6. The highest BCUT2D eigenvalue weighted by molar-refractivity contribution is 5.88. The van der Waals surface area contributed by atoms with Gasteiger partial charge in [0.05, 0.1) is 18.5 Å². The number of aromatic nitrogens is 2. The summed E-state index contributed by atoms with van der Waals surface area (Å²) >= 11 is 0. The van der Waals surface area contributed by atoms with Crippen LogP contribution in [0.15, 0.2) is 48.8 Å². The molecule has 3 aromatic rings. The molecule has 0 bridgehead atoms. The summed E-state index contributed by atoms with van der Waals surface area (Å²) in [6.45, 7) is 8.08. The Kier molecular flexibility index (Phi) is 8.79. The molecule has 220 valence electrons. The van der Waals surface area contributed by atoms with E-state index >= 15 is 0 Å². The van der Waals surface area contributed by atoms with Crippen molar-refractivity contribution in [3.63, 3.8) is 0 Å². The van der Waals surface area contributed by atoms with Crippen molar-refractivity contribution >= 4 is 23.0 Å². The Labute approximate surface area is 241 Å². The summed E-state index contributed by atoms with van der Waals surface area (Å²) in [5.41, 5.74) is 1.15. The van der Waals surface area contributed by atoms with Gasteiger partial charge in [0, 0.05) is 57.3 Å². The minimum absolute atomic E-state index is 0.115. The Morgan fingerprint density at radius 2 is 1.93 bits per heavy atom. The van der Waals surface area contributed by atoms with E-state index in [-0.39, 0.29) is 25.1 Å². The topological polar surface area (TPSA) is 95.4 Å². The van der Waals surface area contributed by atoms with Gasteiger partial charge in [-0.25, -0.2) is 9.78 Å². The van der Waals surface area contributed by atoms with Crippen molar-refractivity contribution < 1.29 is 28.5 Å². The van der Waals surface area contributed by atoms with E-state index in [1.807, 2.05) is 62.1 Å². The molecule has 0 radical (unpaired) electrons. The maximum atomic E-state index is 13.9. The highest BCUT2D eigenvalue weighted by Gasteiger charge is 2.40. The van der Waals surface area contributed by atoms with Crippen LogP contribution < -0.4 is 4.74 Å². The number of ether oxygens (including phenoxy) is 4. The number of nitrogens with zero attached hydrogens (tertiary/aromatic N) is 4. The van der Waals surface area contributed by atoms with Crippen LogP contribution in [-0.4, -0.2) is 82.5 Å². The molecule has 2 amide bonds. The van der Waals surface area contributed by atoms with Crippen LogP contribution in [0, 0.1) is 0 Å². The van der Waals surface area contributed by atoms with Crippen molar-refractivity contribution in [2.75, 3.05) is 33.4 Å². The van der Waals surface area contributed by atoms with Gasteiger partial charge in [0.25, 0.3) is 5.91 Å². The zero-order valence-electron chi connectivity index (χ0n) is 24.4. The van der Waals surface area contributed by atoms with E-state index in [2.05, 4.69) is 10.8 Å². The zero-order chi connectivity index (χ0) is 29.0. The lowest BCUT2D eigenvalue weighted by molar-refractivity contribution is -0.150. The minimum atomic E-state index is -0.745. The standard InChI is InChI=1S/C31H40N4O6/c1-31(2,3)41-30(37)34-16-18-39-26(21-34)29(36)35(23-11-12-23)20-22-19-33(15-8-17-38-4)28-27(22)25(13-14-32-28)40-24-9-6-5-7-10-24/h5-7,9-10,13-14,19,23,26H,8,11-12,15-18,20-21H2,1-4H3. The molecule has 0 N–H and O–H groups in total. The fourth-order valence-corrected chi connectivity index (χ4v) is 5.07. The Hall–Kier alpha value is -3.63. The van der Waals surface area contributed by atoms with Crippen LogP contribution in [0.5, 0.6) is 11.5 Å². The Bertz CT molecular complexity index is 1350. The van der Waals surface area contributed by atoms with E-state index in [0.717, 1.165) is 48.2 Å². The third kappa shape index (κ3) is 7.18. The average Bonchev–Trinajstić information content (AvgIpc) is 3.73. The van der Waals surface area contributed by atoms with E-state index in [4.69, 9.17) is 23.9 Å². The van der Waals surface area contributed by atoms with Gasteiger partial charge in [-0.1, -0.05) is 18.2 Å². The fourth-order valence-electron chi connectivity index (χ4n) is 5.07. The average molecular weight is 565 g/mol. The van der Waals surface area contributed by atoms with Gasteiger partial charge in [0.15, 0.2) is 6.10 Å². The van der Waals surface area contributed by atoms with Crippen LogP contribution in [-0.2, 0) is 32.1 Å². The van der Waals surface area contributed by atoms with Crippen molar-refractivity contribution in [2.45, 2.75) is 70.9 Å². The second-order valence-corrected chi connectivity index (χ2v) is 11.6. The van der Waals surface area contributed by atoms with Gasteiger partial charge in [0.2, 0.25) is 0 Å². The monoisotopic (exact) mass is 564 g/mol. The molecular weight excluding hydrogens is 524 g/mol. The van der Waals surface area contributed by atoms with Crippen molar-refractivity contribution in [1.82, 2.24) is 19.4 Å². The Morgan fingerprint density at radius 1 is 1.15 bits per heavy atom. The SMILES string of the molecule is COCCCn1cc(CN(C(=O)C2CN(C(=O)OC(C)(C)C)CCO2)C2CC2)c2c(Oc3ccccc3)ccnc21. The summed E-state index contributed by atoms with van der Waals surface area (Å²) in [5.74, 6) is 1.30. The second kappa shape index (κ2) is 12.5. The van der Waals surface area contributed by atoms with E-state index in [9.17, 15) is 9.59 Å². The highest BCUT2D eigenvalue weighted by Crippen LogP contribution is 2.36. The summed E-state index contributed by atoms with van der Waals surface area (Å²) in [7, 11) is 1.69.